The van der Waals surface area contributed by atoms with Gasteiger partial charge in [-0.2, -0.15) is 0 Å². The van der Waals surface area contributed by atoms with Crippen LogP contribution in [0.1, 0.15) is 32.8 Å². The lowest BCUT2D eigenvalue weighted by Crippen LogP contribution is -2.48. The average Bonchev–Trinajstić information content (AvgIpc) is 2.72. The molecule has 2 amide bonds. The molecular formula is C23H28Cl2N2O2S. The van der Waals surface area contributed by atoms with Gasteiger partial charge in [0, 0.05) is 45.8 Å². The summed E-state index contributed by atoms with van der Waals surface area (Å²) in [6, 6.07) is 14.5. The second-order valence-corrected chi connectivity index (χ2v) is 9.43. The van der Waals surface area contributed by atoms with Crippen molar-refractivity contribution < 1.29 is 9.59 Å². The Morgan fingerprint density at radius 3 is 2.23 bits per heavy atom. The monoisotopic (exact) mass is 466 g/mol. The number of hydrogen-bond donors (Lipinski definition) is 1. The van der Waals surface area contributed by atoms with Crippen molar-refractivity contribution in [3.05, 3.63) is 64.1 Å². The zero-order chi connectivity index (χ0) is 22.1. The first kappa shape index (κ1) is 24.6. The van der Waals surface area contributed by atoms with E-state index in [4.69, 9.17) is 23.2 Å². The molecule has 4 nitrogen and oxygen atoms in total. The first-order valence-corrected chi connectivity index (χ1v) is 11.7. The van der Waals surface area contributed by atoms with Crippen LogP contribution in [-0.4, -0.2) is 35.1 Å². The first-order chi connectivity index (χ1) is 14.3. The van der Waals surface area contributed by atoms with Gasteiger partial charge in [-0.15, -0.1) is 11.8 Å². The highest BCUT2D eigenvalue weighted by Gasteiger charge is 2.27. The van der Waals surface area contributed by atoms with E-state index in [-0.39, 0.29) is 18.4 Å². The van der Waals surface area contributed by atoms with Gasteiger partial charge in [-0.05, 0) is 37.1 Å². The second kappa shape index (κ2) is 12.2. The summed E-state index contributed by atoms with van der Waals surface area (Å²) in [5.74, 6) is 0.652. The van der Waals surface area contributed by atoms with E-state index < -0.39 is 6.04 Å². The molecule has 0 fully saturated rings. The number of thioether (sulfide) groups is 1. The van der Waals surface area contributed by atoms with Gasteiger partial charge in [0.1, 0.15) is 6.04 Å². The van der Waals surface area contributed by atoms with Gasteiger partial charge in [0.15, 0.2) is 0 Å². The minimum Gasteiger partial charge on any atom is -0.354 e. The molecule has 0 saturated carbocycles. The molecule has 2 aromatic rings. The molecule has 2 rings (SSSR count). The number of nitrogens with zero attached hydrogens (tertiary/aromatic N) is 1. The first-order valence-electron chi connectivity index (χ1n) is 9.97. The summed E-state index contributed by atoms with van der Waals surface area (Å²) in [6.45, 7) is 6.53. The highest BCUT2D eigenvalue weighted by Crippen LogP contribution is 2.27. The number of nitrogens with one attached hydrogen (secondary N) is 1. The SMILES string of the molecule is CC(C)CNC(=O)[C@H](C)N(Cc1c(Cl)cccc1Cl)C(=O)CCSc1ccccc1. The highest BCUT2D eigenvalue weighted by molar-refractivity contribution is 7.99. The third kappa shape index (κ3) is 7.53. The van der Waals surface area contributed by atoms with Gasteiger partial charge < -0.3 is 10.2 Å². The van der Waals surface area contributed by atoms with Crippen molar-refractivity contribution in [3.8, 4) is 0 Å². The Morgan fingerprint density at radius 2 is 1.63 bits per heavy atom. The van der Waals surface area contributed by atoms with Gasteiger partial charge in [-0.25, -0.2) is 0 Å². The third-order valence-corrected chi connectivity index (χ3v) is 6.29. The zero-order valence-corrected chi connectivity index (χ0v) is 19.9. The smallest absolute Gasteiger partial charge is 0.242 e. The van der Waals surface area contributed by atoms with Crippen LogP contribution >= 0.6 is 35.0 Å². The standard InChI is InChI=1S/C23H28Cl2N2O2S/c1-16(2)14-26-23(29)17(3)27(15-19-20(24)10-7-11-21(19)25)22(28)12-13-30-18-8-5-4-6-9-18/h4-11,16-17H,12-15H2,1-3H3,(H,26,29)/t17-/m0/s1. The van der Waals surface area contributed by atoms with Crippen molar-refractivity contribution in [2.45, 2.75) is 44.7 Å². The van der Waals surface area contributed by atoms with Crippen LogP contribution in [-0.2, 0) is 16.1 Å². The van der Waals surface area contributed by atoms with Crippen molar-refractivity contribution in [1.82, 2.24) is 10.2 Å². The van der Waals surface area contributed by atoms with E-state index in [1.807, 2.05) is 44.2 Å². The lowest BCUT2D eigenvalue weighted by Gasteiger charge is -2.29. The van der Waals surface area contributed by atoms with E-state index in [0.717, 1.165) is 4.90 Å². The van der Waals surface area contributed by atoms with E-state index in [2.05, 4.69) is 5.32 Å². The molecule has 0 aliphatic heterocycles. The summed E-state index contributed by atoms with van der Waals surface area (Å²) in [4.78, 5) is 28.4. The van der Waals surface area contributed by atoms with Crippen LogP contribution in [0.3, 0.4) is 0 Å². The molecule has 0 aromatic heterocycles. The summed E-state index contributed by atoms with van der Waals surface area (Å²) in [6.07, 6.45) is 0.309. The fourth-order valence-corrected chi connectivity index (χ4v) is 4.18. The van der Waals surface area contributed by atoms with E-state index in [1.165, 1.54) is 0 Å². The predicted molar refractivity (Wildman–Crippen MR) is 126 cm³/mol. The van der Waals surface area contributed by atoms with E-state index in [0.29, 0.717) is 40.2 Å². The Bertz CT molecular complexity index is 826. The molecule has 1 atom stereocenters. The lowest BCUT2D eigenvalue weighted by molar-refractivity contribution is -0.140. The molecule has 0 saturated heterocycles. The topological polar surface area (TPSA) is 49.4 Å². The Morgan fingerprint density at radius 1 is 1.00 bits per heavy atom. The number of hydrogen-bond acceptors (Lipinski definition) is 3. The largest absolute Gasteiger partial charge is 0.354 e. The molecule has 0 radical (unpaired) electrons. The van der Waals surface area contributed by atoms with Gasteiger partial charge in [-0.1, -0.05) is 61.3 Å². The molecule has 7 heteroatoms. The van der Waals surface area contributed by atoms with Crippen LogP contribution in [0.25, 0.3) is 0 Å². The van der Waals surface area contributed by atoms with Gasteiger partial charge in [-0.3, -0.25) is 9.59 Å². The Kier molecular flexibility index (Phi) is 10.0. The second-order valence-electron chi connectivity index (χ2n) is 7.45. The summed E-state index contributed by atoms with van der Waals surface area (Å²) >= 11 is 14.3. The maximum Gasteiger partial charge on any atom is 0.242 e. The summed E-state index contributed by atoms with van der Waals surface area (Å²) in [5, 5.41) is 3.87. The minimum atomic E-state index is -0.634. The molecule has 0 aliphatic rings. The number of amides is 2. The third-order valence-electron chi connectivity index (χ3n) is 4.57. The molecular weight excluding hydrogens is 439 g/mol. The summed E-state index contributed by atoms with van der Waals surface area (Å²) < 4.78 is 0. The van der Waals surface area contributed by atoms with Crippen LogP contribution in [0.15, 0.2) is 53.4 Å². The average molecular weight is 467 g/mol. The Labute approximate surface area is 193 Å². The maximum absolute atomic E-state index is 13.1. The van der Waals surface area contributed by atoms with Crippen molar-refractivity contribution in [2.24, 2.45) is 5.92 Å². The molecule has 30 heavy (non-hydrogen) atoms. The van der Waals surface area contributed by atoms with Gasteiger partial charge in [0.2, 0.25) is 11.8 Å². The highest BCUT2D eigenvalue weighted by atomic mass is 35.5. The van der Waals surface area contributed by atoms with Crippen molar-refractivity contribution in [3.63, 3.8) is 0 Å². The van der Waals surface area contributed by atoms with Crippen molar-refractivity contribution in [1.29, 1.82) is 0 Å². The molecule has 1 N–H and O–H groups in total. The van der Waals surface area contributed by atoms with E-state index in [9.17, 15) is 9.59 Å². The van der Waals surface area contributed by atoms with Gasteiger partial charge >= 0.3 is 0 Å². The van der Waals surface area contributed by atoms with E-state index >= 15 is 0 Å². The number of halogens is 2. The number of rotatable bonds is 10. The molecule has 162 valence electrons. The van der Waals surface area contributed by atoms with Crippen molar-refractivity contribution in [2.75, 3.05) is 12.3 Å². The zero-order valence-electron chi connectivity index (χ0n) is 17.5. The van der Waals surface area contributed by atoms with Gasteiger partial charge in [0.05, 0.1) is 0 Å². The predicted octanol–water partition coefficient (Wildman–Crippen LogP) is 5.67. The van der Waals surface area contributed by atoms with Crippen molar-refractivity contribution >= 4 is 46.8 Å². The van der Waals surface area contributed by atoms with Crippen LogP contribution in [0, 0.1) is 5.92 Å². The van der Waals surface area contributed by atoms with Crippen LogP contribution in [0.5, 0.6) is 0 Å². The van der Waals surface area contributed by atoms with Crippen LogP contribution in [0.4, 0.5) is 0 Å². The van der Waals surface area contributed by atoms with Crippen LogP contribution in [0.2, 0.25) is 10.0 Å². The minimum absolute atomic E-state index is 0.110. The number of carbonyl (C=O) groups is 2. The normalized spacial score (nSPS) is 11.9. The lowest BCUT2D eigenvalue weighted by atomic mass is 10.1. The number of carbonyl (C=O) groups excluding carboxylic acids is 2. The molecule has 2 aromatic carbocycles. The molecule has 0 heterocycles. The quantitative estimate of drug-likeness (QED) is 0.459. The summed E-state index contributed by atoms with van der Waals surface area (Å²) in [7, 11) is 0. The fraction of sp³-hybridized carbons (Fsp3) is 0.391. The van der Waals surface area contributed by atoms with Gasteiger partial charge in [0.25, 0.3) is 0 Å². The van der Waals surface area contributed by atoms with E-state index in [1.54, 1.807) is 41.8 Å². The maximum atomic E-state index is 13.1. The molecule has 0 spiro atoms. The van der Waals surface area contributed by atoms with Crippen LogP contribution < -0.4 is 5.32 Å². The molecule has 0 bridgehead atoms. The Balaban J connectivity index is 2.12. The molecule has 0 aliphatic carbocycles. The fourth-order valence-electron chi connectivity index (χ4n) is 2.81. The summed E-state index contributed by atoms with van der Waals surface area (Å²) in [5.41, 5.74) is 0.647. The Hall–Kier alpha value is -1.69. The molecule has 0 unspecified atom stereocenters. The number of benzene rings is 2.